The Morgan fingerprint density at radius 3 is 2.50 bits per heavy atom. The number of benzene rings is 3. The van der Waals surface area contributed by atoms with E-state index < -0.39 is 6.10 Å². The number of nitrogens with one attached hydrogen (secondary N) is 2. The van der Waals surface area contributed by atoms with Crippen LogP contribution in [0.25, 0.3) is 21.8 Å². The number of aliphatic hydroxyl groups excluding tert-OH is 1. The van der Waals surface area contributed by atoms with Gasteiger partial charge in [-0.25, -0.2) is 0 Å². The van der Waals surface area contributed by atoms with Crippen molar-refractivity contribution in [1.29, 1.82) is 0 Å². The molecule has 0 spiro atoms. The van der Waals surface area contributed by atoms with Crippen LogP contribution in [0.4, 0.5) is 0 Å². The third-order valence-electron chi connectivity index (χ3n) is 5.05. The largest absolute Gasteiger partial charge is 0.493 e. The number of rotatable bonds is 10. The zero-order valence-corrected chi connectivity index (χ0v) is 19.0. The highest BCUT2D eigenvalue weighted by Crippen LogP contribution is 2.36. The molecule has 0 saturated carbocycles. The van der Waals surface area contributed by atoms with Gasteiger partial charge in [0.05, 0.1) is 22.7 Å². The Hall–Kier alpha value is -2.64. The molecule has 0 fully saturated rings. The van der Waals surface area contributed by atoms with E-state index in [0.717, 1.165) is 27.6 Å². The first kappa shape index (κ1) is 22.6. The highest BCUT2D eigenvalue weighted by molar-refractivity contribution is 6.42. The fraction of sp³-hybridized carbons (Fsp3) is 0.250. The number of H-pyrrole nitrogens is 1. The van der Waals surface area contributed by atoms with Gasteiger partial charge in [-0.2, -0.15) is 0 Å². The molecule has 1 aromatic heterocycles. The minimum absolute atomic E-state index is 0.174. The van der Waals surface area contributed by atoms with Crippen LogP contribution < -0.4 is 19.5 Å². The average molecular weight is 475 g/mol. The predicted octanol–water partition coefficient (Wildman–Crippen LogP) is 5.04. The summed E-state index contributed by atoms with van der Waals surface area (Å²) in [6.07, 6.45) is -0.671. The molecule has 1 unspecified atom stereocenters. The van der Waals surface area contributed by atoms with Crippen LogP contribution in [-0.2, 0) is 0 Å². The van der Waals surface area contributed by atoms with E-state index in [1.165, 1.54) is 7.11 Å². The zero-order chi connectivity index (χ0) is 22.5. The fourth-order valence-corrected chi connectivity index (χ4v) is 3.83. The standard InChI is InChI=1S/C24H24Cl2N2O4/c1-30-22-11-17(25)18(26)12-23(22)31-10-9-27-13-15(29)14-32-21-8-4-7-20-24(21)16-5-2-3-6-19(16)28-20/h2-8,11-12,15,27-29H,9-10,13-14H2,1H3. The summed E-state index contributed by atoms with van der Waals surface area (Å²) in [5, 5.41) is 16.4. The van der Waals surface area contributed by atoms with Crippen LogP contribution >= 0.6 is 23.2 Å². The quantitative estimate of drug-likeness (QED) is 0.280. The van der Waals surface area contributed by atoms with Crippen LogP contribution in [0.5, 0.6) is 17.2 Å². The van der Waals surface area contributed by atoms with Crippen molar-refractivity contribution in [2.24, 2.45) is 0 Å². The van der Waals surface area contributed by atoms with Crippen molar-refractivity contribution in [3.8, 4) is 17.2 Å². The molecule has 4 aromatic rings. The third-order valence-corrected chi connectivity index (χ3v) is 5.77. The molecule has 3 aromatic carbocycles. The number of para-hydroxylation sites is 1. The van der Waals surface area contributed by atoms with Crippen molar-refractivity contribution in [3.05, 3.63) is 64.6 Å². The molecule has 8 heteroatoms. The number of aliphatic hydroxyl groups is 1. The van der Waals surface area contributed by atoms with E-state index in [4.69, 9.17) is 37.4 Å². The predicted molar refractivity (Wildman–Crippen MR) is 129 cm³/mol. The van der Waals surface area contributed by atoms with Gasteiger partial charge >= 0.3 is 0 Å². The maximum absolute atomic E-state index is 10.3. The summed E-state index contributed by atoms with van der Waals surface area (Å²) in [5.41, 5.74) is 2.06. The molecule has 1 atom stereocenters. The van der Waals surface area contributed by atoms with Gasteiger partial charge in [-0.3, -0.25) is 0 Å². The van der Waals surface area contributed by atoms with Crippen LogP contribution in [0.15, 0.2) is 54.6 Å². The molecule has 3 N–H and O–H groups in total. The lowest BCUT2D eigenvalue weighted by molar-refractivity contribution is 0.106. The van der Waals surface area contributed by atoms with Crippen LogP contribution in [-0.4, -0.2) is 49.6 Å². The van der Waals surface area contributed by atoms with Gasteiger partial charge in [0.15, 0.2) is 11.5 Å². The fourth-order valence-electron chi connectivity index (χ4n) is 3.52. The van der Waals surface area contributed by atoms with Gasteiger partial charge in [0, 0.05) is 41.5 Å². The molecule has 0 radical (unpaired) electrons. The van der Waals surface area contributed by atoms with E-state index in [9.17, 15) is 5.11 Å². The molecule has 0 aliphatic carbocycles. The Morgan fingerprint density at radius 2 is 1.69 bits per heavy atom. The van der Waals surface area contributed by atoms with Gasteiger partial charge in [-0.15, -0.1) is 0 Å². The Bertz CT molecular complexity index is 1210. The number of halogens is 2. The summed E-state index contributed by atoms with van der Waals surface area (Å²) in [6, 6.07) is 17.2. The summed E-state index contributed by atoms with van der Waals surface area (Å²) in [4.78, 5) is 3.39. The van der Waals surface area contributed by atoms with E-state index in [1.54, 1.807) is 12.1 Å². The highest BCUT2D eigenvalue weighted by Gasteiger charge is 2.12. The SMILES string of the molecule is COc1cc(Cl)c(Cl)cc1OCCNCC(O)COc1cccc2[nH]c3ccccc3c12. The second kappa shape index (κ2) is 10.3. The van der Waals surface area contributed by atoms with Crippen LogP contribution in [0.3, 0.4) is 0 Å². The van der Waals surface area contributed by atoms with Crippen molar-refractivity contribution in [2.75, 3.05) is 33.4 Å². The molecule has 0 amide bonds. The van der Waals surface area contributed by atoms with Crippen LogP contribution in [0.2, 0.25) is 10.0 Å². The first-order valence-corrected chi connectivity index (χ1v) is 11.0. The molecular weight excluding hydrogens is 451 g/mol. The molecule has 1 heterocycles. The molecule has 4 rings (SSSR count). The van der Waals surface area contributed by atoms with Gasteiger partial charge in [-0.05, 0) is 18.2 Å². The van der Waals surface area contributed by atoms with Gasteiger partial charge in [-0.1, -0.05) is 47.5 Å². The van der Waals surface area contributed by atoms with E-state index in [2.05, 4.69) is 16.4 Å². The zero-order valence-electron chi connectivity index (χ0n) is 17.5. The number of aromatic amines is 1. The highest BCUT2D eigenvalue weighted by atomic mass is 35.5. The first-order valence-electron chi connectivity index (χ1n) is 10.2. The van der Waals surface area contributed by atoms with Gasteiger partial charge in [0.1, 0.15) is 25.1 Å². The Labute approximate surface area is 196 Å². The van der Waals surface area contributed by atoms with Crippen LogP contribution in [0, 0.1) is 0 Å². The number of aromatic nitrogens is 1. The third kappa shape index (κ3) is 5.05. The molecule has 32 heavy (non-hydrogen) atoms. The van der Waals surface area contributed by atoms with Crippen molar-refractivity contribution in [1.82, 2.24) is 10.3 Å². The van der Waals surface area contributed by atoms with Crippen molar-refractivity contribution in [3.63, 3.8) is 0 Å². The molecule has 0 bridgehead atoms. The number of ether oxygens (including phenoxy) is 3. The number of hydrogen-bond acceptors (Lipinski definition) is 5. The lowest BCUT2D eigenvalue weighted by atomic mass is 10.1. The van der Waals surface area contributed by atoms with Gasteiger partial charge in [0.2, 0.25) is 0 Å². The lowest BCUT2D eigenvalue weighted by Crippen LogP contribution is -2.33. The van der Waals surface area contributed by atoms with Crippen molar-refractivity contribution in [2.45, 2.75) is 6.10 Å². The first-order chi connectivity index (χ1) is 15.6. The summed E-state index contributed by atoms with van der Waals surface area (Å²) >= 11 is 12.0. The van der Waals surface area contributed by atoms with E-state index in [-0.39, 0.29) is 6.61 Å². The summed E-state index contributed by atoms with van der Waals surface area (Å²) in [5.74, 6) is 1.77. The molecule has 168 valence electrons. The van der Waals surface area contributed by atoms with E-state index >= 15 is 0 Å². The minimum Gasteiger partial charge on any atom is -0.493 e. The Kier molecular flexibility index (Phi) is 7.27. The Morgan fingerprint density at radius 1 is 0.938 bits per heavy atom. The Balaban J connectivity index is 1.26. The minimum atomic E-state index is -0.671. The second-order valence-corrected chi connectivity index (χ2v) is 8.10. The molecule has 0 saturated heterocycles. The lowest BCUT2D eigenvalue weighted by Gasteiger charge is -2.15. The average Bonchev–Trinajstić information content (AvgIpc) is 3.18. The second-order valence-electron chi connectivity index (χ2n) is 7.28. The van der Waals surface area contributed by atoms with Gasteiger partial charge < -0.3 is 29.6 Å². The molecule has 0 aliphatic rings. The smallest absolute Gasteiger partial charge is 0.162 e. The molecule has 0 aliphatic heterocycles. The number of fused-ring (bicyclic) bond motifs is 3. The maximum atomic E-state index is 10.3. The topological polar surface area (TPSA) is 75.7 Å². The van der Waals surface area contributed by atoms with Crippen molar-refractivity contribution >= 4 is 45.0 Å². The van der Waals surface area contributed by atoms with E-state index in [0.29, 0.717) is 41.2 Å². The maximum Gasteiger partial charge on any atom is 0.162 e. The van der Waals surface area contributed by atoms with Crippen molar-refractivity contribution < 1.29 is 19.3 Å². The summed E-state index contributed by atoms with van der Waals surface area (Å²) < 4.78 is 16.9. The summed E-state index contributed by atoms with van der Waals surface area (Å²) in [7, 11) is 1.54. The summed E-state index contributed by atoms with van der Waals surface area (Å²) in [6.45, 7) is 1.44. The number of hydrogen-bond donors (Lipinski definition) is 3. The molecule has 6 nitrogen and oxygen atoms in total. The molecular formula is C24H24Cl2N2O4. The number of methoxy groups -OCH3 is 1. The normalized spacial score (nSPS) is 12.2. The van der Waals surface area contributed by atoms with E-state index in [1.807, 2.05) is 36.4 Å². The van der Waals surface area contributed by atoms with Gasteiger partial charge in [0.25, 0.3) is 0 Å². The monoisotopic (exact) mass is 474 g/mol. The van der Waals surface area contributed by atoms with Crippen LogP contribution in [0.1, 0.15) is 0 Å².